The van der Waals surface area contributed by atoms with Crippen LogP contribution in [0.4, 0.5) is 5.88 Å². The van der Waals surface area contributed by atoms with Crippen LogP contribution in [0, 0.1) is 20.8 Å². The second kappa shape index (κ2) is 8.00. The number of allylic oxidation sites excluding steroid dienone is 1. The van der Waals surface area contributed by atoms with E-state index in [1.807, 2.05) is 18.2 Å². The van der Waals surface area contributed by atoms with Gasteiger partial charge < -0.3 is 4.52 Å². The number of hydrogen-bond acceptors (Lipinski definition) is 5. The average molecular weight is 467 g/mol. The van der Waals surface area contributed by atoms with Crippen LogP contribution in [0.25, 0.3) is 6.08 Å². The molecule has 0 saturated heterocycles. The summed E-state index contributed by atoms with van der Waals surface area (Å²) in [6.45, 7) is 5.85. The predicted molar refractivity (Wildman–Crippen MR) is 113 cm³/mol. The summed E-state index contributed by atoms with van der Waals surface area (Å²) in [5.41, 5.74) is 4.85. The summed E-state index contributed by atoms with van der Waals surface area (Å²) < 4.78 is 33.7. The minimum absolute atomic E-state index is 0.0812. The number of aryl methyl sites for hydroxylation is 3. The molecule has 1 aromatic carbocycles. The lowest BCUT2D eigenvalue weighted by Crippen LogP contribution is -2.13. The number of rotatable bonds is 6. The van der Waals surface area contributed by atoms with Gasteiger partial charge in [-0.25, -0.2) is 13.1 Å². The minimum Gasteiger partial charge on any atom is -0.336 e. The zero-order chi connectivity index (χ0) is 19.6. The molecule has 0 saturated carbocycles. The van der Waals surface area contributed by atoms with Crippen LogP contribution in [0.15, 0.2) is 48.9 Å². The second-order valence-corrected chi connectivity index (χ2v) is 9.80. The van der Waals surface area contributed by atoms with E-state index in [1.54, 1.807) is 12.3 Å². The molecule has 0 spiro atoms. The van der Waals surface area contributed by atoms with E-state index in [1.165, 1.54) is 22.5 Å². The Hall–Kier alpha value is -1.90. The van der Waals surface area contributed by atoms with Crippen molar-refractivity contribution in [3.05, 3.63) is 68.1 Å². The third-order valence-electron chi connectivity index (χ3n) is 4.03. The Balaban J connectivity index is 1.79. The number of hydrogen-bond donors (Lipinski definition) is 1. The van der Waals surface area contributed by atoms with Gasteiger partial charge in [-0.3, -0.25) is 0 Å². The standard InChI is InChI=1S/C19H19BrN2O3S2/c1-12-7-8-15(13(2)11-12)5-4-6-16-9-10-26-19(16)27(23,24)22-18-17(20)14(3)21-25-18/h4-5,7-11,22H,6H2,1-3H3. The largest absolute Gasteiger partial charge is 0.336 e. The Morgan fingerprint density at radius 1 is 1.26 bits per heavy atom. The van der Waals surface area contributed by atoms with Crippen molar-refractivity contribution in [1.82, 2.24) is 5.16 Å². The lowest BCUT2D eigenvalue weighted by molar-refractivity contribution is 0.430. The fraction of sp³-hybridized carbons (Fsp3) is 0.211. The maximum Gasteiger partial charge on any atom is 0.274 e. The van der Waals surface area contributed by atoms with Crippen LogP contribution in [0.2, 0.25) is 0 Å². The first kappa shape index (κ1) is 19.9. The summed E-state index contributed by atoms with van der Waals surface area (Å²) in [4.78, 5) is 0. The number of halogens is 1. The van der Waals surface area contributed by atoms with E-state index >= 15 is 0 Å². The summed E-state index contributed by atoms with van der Waals surface area (Å²) in [5, 5.41) is 5.52. The zero-order valence-corrected chi connectivity index (χ0v) is 18.3. The molecule has 0 aliphatic rings. The highest BCUT2D eigenvalue weighted by Crippen LogP contribution is 2.30. The van der Waals surface area contributed by atoms with E-state index in [0.717, 1.165) is 11.1 Å². The smallest absolute Gasteiger partial charge is 0.274 e. The van der Waals surface area contributed by atoms with Crippen molar-refractivity contribution in [3.8, 4) is 0 Å². The number of anilines is 1. The number of benzene rings is 1. The summed E-state index contributed by atoms with van der Waals surface area (Å²) in [7, 11) is -3.75. The molecule has 5 nitrogen and oxygen atoms in total. The van der Waals surface area contributed by atoms with Crippen LogP contribution >= 0.6 is 27.3 Å². The lowest BCUT2D eigenvalue weighted by Gasteiger charge is -2.05. The summed E-state index contributed by atoms with van der Waals surface area (Å²) in [5.74, 6) is 0.0812. The molecule has 2 aromatic heterocycles. The van der Waals surface area contributed by atoms with Crippen molar-refractivity contribution in [2.45, 2.75) is 31.4 Å². The van der Waals surface area contributed by atoms with Crippen LogP contribution in [-0.2, 0) is 16.4 Å². The van der Waals surface area contributed by atoms with E-state index in [9.17, 15) is 8.42 Å². The Labute approximate surface area is 171 Å². The van der Waals surface area contributed by atoms with Crippen LogP contribution < -0.4 is 4.72 Å². The normalized spacial score (nSPS) is 12.0. The molecule has 0 atom stereocenters. The molecule has 0 unspecified atom stereocenters. The highest BCUT2D eigenvalue weighted by atomic mass is 79.9. The molecule has 8 heteroatoms. The van der Waals surface area contributed by atoms with Crippen molar-refractivity contribution >= 4 is 49.3 Å². The number of sulfonamides is 1. The summed E-state index contributed by atoms with van der Waals surface area (Å²) in [6, 6.07) is 8.08. The third kappa shape index (κ3) is 4.51. The van der Waals surface area contributed by atoms with Gasteiger partial charge in [-0.2, -0.15) is 0 Å². The van der Waals surface area contributed by atoms with Crippen LogP contribution in [0.5, 0.6) is 0 Å². The van der Waals surface area contributed by atoms with Gasteiger partial charge in [-0.15, -0.1) is 11.3 Å². The van der Waals surface area contributed by atoms with E-state index in [0.29, 0.717) is 16.6 Å². The Kier molecular flexibility index (Phi) is 5.88. The van der Waals surface area contributed by atoms with E-state index in [-0.39, 0.29) is 10.1 Å². The first-order valence-electron chi connectivity index (χ1n) is 8.22. The first-order chi connectivity index (χ1) is 12.8. The van der Waals surface area contributed by atoms with E-state index in [4.69, 9.17) is 4.52 Å². The maximum absolute atomic E-state index is 12.7. The molecule has 0 aliphatic carbocycles. The molecule has 0 radical (unpaired) electrons. The van der Waals surface area contributed by atoms with E-state index in [2.05, 4.69) is 57.9 Å². The fourth-order valence-corrected chi connectivity index (χ4v) is 5.43. The van der Waals surface area contributed by atoms with Gasteiger partial charge in [0.15, 0.2) is 0 Å². The molecule has 0 fully saturated rings. The van der Waals surface area contributed by atoms with Crippen LogP contribution in [0.1, 0.15) is 27.9 Å². The maximum atomic E-state index is 12.7. The van der Waals surface area contributed by atoms with Crippen LogP contribution in [0.3, 0.4) is 0 Å². The molecule has 27 heavy (non-hydrogen) atoms. The Morgan fingerprint density at radius 2 is 2.04 bits per heavy atom. The number of nitrogens with zero attached hydrogens (tertiary/aromatic N) is 1. The van der Waals surface area contributed by atoms with E-state index < -0.39 is 10.0 Å². The number of nitrogens with one attached hydrogen (secondary N) is 1. The average Bonchev–Trinajstić information content (AvgIpc) is 3.19. The highest BCUT2D eigenvalue weighted by Gasteiger charge is 2.23. The molecule has 0 aliphatic heterocycles. The zero-order valence-electron chi connectivity index (χ0n) is 15.1. The van der Waals surface area contributed by atoms with Gasteiger partial charge in [-0.05, 0) is 71.3 Å². The van der Waals surface area contributed by atoms with Gasteiger partial charge in [0.2, 0.25) is 0 Å². The Morgan fingerprint density at radius 3 is 2.70 bits per heavy atom. The molecule has 0 bridgehead atoms. The highest BCUT2D eigenvalue weighted by molar-refractivity contribution is 9.10. The molecule has 1 N–H and O–H groups in total. The predicted octanol–water partition coefficient (Wildman–Crippen LogP) is 5.48. The van der Waals surface area contributed by atoms with Crippen molar-refractivity contribution in [2.75, 3.05) is 4.72 Å². The van der Waals surface area contributed by atoms with Crippen LogP contribution in [-0.4, -0.2) is 13.6 Å². The first-order valence-corrected chi connectivity index (χ1v) is 11.4. The molecule has 3 aromatic rings. The van der Waals surface area contributed by atoms with Gasteiger partial charge >= 0.3 is 0 Å². The summed E-state index contributed by atoms with van der Waals surface area (Å²) in [6.07, 6.45) is 4.52. The topological polar surface area (TPSA) is 72.2 Å². The second-order valence-electron chi connectivity index (χ2n) is 6.22. The minimum atomic E-state index is -3.75. The van der Waals surface area contributed by atoms with Gasteiger partial charge in [0, 0.05) is 0 Å². The molecule has 2 heterocycles. The number of aromatic nitrogens is 1. The van der Waals surface area contributed by atoms with Gasteiger partial charge in [0.1, 0.15) is 8.68 Å². The van der Waals surface area contributed by atoms with Gasteiger partial charge in [0.25, 0.3) is 15.9 Å². The molecule has 142 valence electrons. The third-order valence-corrected chi connectivity index (χ3v) is 7.86. The number of thiophene rings is 1. The Bertz CT molecular complexity index is 1100. The lowest BCUT2D eigenvalue weighted by atomic mass is 10.0. The van der Waals surface area contributed by atoms with Crippen molar-refractivity contribution in [2.24, 2.45) is 0 Å². The van der Waals surface area contributed by atoms with Crippen molar-refractivity contribution in [1.29, 1.82) is 0 Å². The SMILES string of the molecule is Cc1ccc(C=CCc2ccsc2S(=O)(=O)Nc2onc(C)c2Br)c(C)c1. The molecular formula is C19H19BrN2O3S2. The van der Waals surface area contributed by atoms with Crippen molar-refractivity contribution in [3.63, 3.8) is 0 Å². The molecule has 0 amide bonds. The van der Waals surface area contributed by atoms with Gasteiger partial charge in [-0.1, -0.05) is 41.1 Å². The van der Waals surface area contributed by atoms with Gasteiger partial charge in [0.05, 0.1) is 5.69 Å². The molecular weight excluding hydrogens is 448 g/mol. The monoisotopic (exact) mass is 466 g/mol. The molecule has 3 rings (SSSR count). The fourth-order valence-electron chi connectivity index (χ4n) is 2.62. The quantitative estimate of drug-likeness (QED) is 0.521. The summed E-state index contributed by atoms with van der Waals surface area (Å²) >= 11 is 4.45. The van der Waals surface area contributed by atoms with Crippen molar-refractivity contribution < 1.29 is 12.9 Å².